The Hall–Kier alpha value is -0.0800. The fourth-order valence-electron chi connectivity index (χ4n) is 3.23. The van der Waals surface area contributed by atoms with Crippen LogP contribution in [0.2, 0.25) is 0 Å². The molecular formula is C16H34N2. The van der Waals surface area contributed by atoms with E-state index in [2.05, 4.69) is 37.9 Å². The molecule has 0 aromatic carbocycles. The molecule has 0 aliphatic carbocycles. The van der Waals surface area contributed by atoms with Crippen LogP contribution in [0.15, 0.2) is 0 Å². The Balaban J connectivity index is 2.44. The zero-order chi connectivity index (χ0) is 13.4. The molecule has 0 radical (unpaired) electrons. The molecule has 0 amide bonds. The highest BCUT2D eigenvalue weighted by molar-refractivity contribution is 4.83. The maximum absolute atomic E-state index is 3.72. The predicted octanol–water partition coefficient (Wildman–Crippen LogP) is 3.81. The van der Waals surface area contributed by atoms with E-state index in [1.165, 1.54) is 58.0 Å². The first kappa shape index (κ1) is 16.0. The fourth-order valence-corrected chi connectivity index (χ4v) is 3.23. The molecule has 2 unspecified atom stereocenters. The Labute approximate surface area is 115 Å². The summed E-state index contributed by atoms with van der Waals surface area (Å²) in [5, 5.41) is 3.72. The van der Waals surface area contributed by atoms with Crippen LogP contribution in [0.3, 0.4) is 0 Å². The van der Waals surface area contributed by atoms with Gasteiger partial charge >= 0.3 is 0 Å². The van der Waals surface area contributed by atoms with Gasteiger partial charge in [0.05, 0.1) is 0 Å². The zero-order valence-electron chi connectivity index (χ0n) is 13.0. The largest absolute Gasteiger partial charge is 0.311 e. The lowest BCUT2D eigenvalue weighted by Gasteiger charge is -2.39. The molecule has 108 valence electrons. The minimum absolute atomic E-state index is 0.621. The zero-order valence-corrected chi connectivity index (χ0v) is 13.0. The number of rotatable bonds is 8. The third kappa shape index (κ3) is 5.71. The van der Waals surface area contributed by atoms with E-state index in [4.69, 9.17) is 0 Å². The fraction of sp³-hybridized carbons (Fsp3) is 1.00. The Morgan fingerprint density at radius 3 is 2.56 bits per heavy atom. The van der Waals surface area contributed by atoms with Crippen molar-refractivity contribution in [3.8, 4) is 0 Å². The summed E-state index contributed by atoms with van der Waals surface area (Å²) in [4.78, 5) is 2.77. The highest BCUT2D eigenvalue weighted by Gasteiger charge is 2.25. The van der Waals surface area contributed by atoms with Crippen molar-refractivity contribution in [2.24, 2.45) is 0 Å². The summed E-state index contributed by atoms with van der Waals surface area (Å²) >= 11 is 0. The first-order valence-electron chi connectivity index (χ1n) is 8.17. The second-order valence-electron chi connectivity index (χ2n) is 6.24. The molecule has 0 spiro atoms. The van der Waals surface area contributed by atoms with E-state index in [0.29, 0.717) is 6.04 Å². The number of nitrogens with one attached hydrogen (secondary N) is 1. The smallest absolute Gasteiger partial charge is 0.0197 e. The van der Waals surface area contributed by atoms with Gasteiger partial charge in [0.25, 0.3) is 0 Å². The summed E-state index contributed by atoms with van der Waals surface area (Å²) in [5.41, 5.74) is 0. The van der Waals surface area contributed by atoms with Crippen molar-refractivity contribution in [2.75, 3.05) is 13.1 Å². The van der Waals surface area contributed by atoms with Gasteiger partial charge in [0.1, 0.15) is 0 Å². The number of nitrogens with zero attached hydrogens (tertiary/aromatic N) is 1. The van der Waals surface area contributed by atoms with Crippen molar-refractivity contribution in [2.45, 2.75) is 90.8 Å². The van der Waals surface area contributed by atoms with Crippen molar-refractivity contribution in [3.05, 3.63) is 0 Å². The van der Waals surface area contributed by atoms with E-state index in [0.717, 1.165) is 12.1 Å². The first-order chi connectivity index (χ1) is 8.67. The van der Waals surface area contributed by atoms with Crippen LogP contribution in [0.4, 0.5) is 0 Å². The lowest BCUT2D eigenvalue weighted by Crippen LogP contribution is -2.51. The van der Waals surface area contributed by atoms with Gasteiger partial charge in [-0.1, -0.05) is 47.0 Å². The normalized spacial score (nSPS) is 23.5. The molecule has 0 bridgehead atoms. The molecule has 0 saturated carbocycles. The van der Waals surface area contributed by atoms with E-state index in [9.17, 15) is 0 Å². The molecule has 1 saturated heterocycles. The summed E-state index contributed by atoms with van der Waals surface area (Å²) in [6, 6.07) is 2.18. The minimum Gasteiger partial charge on any atom is -0.311 e. The van der Waals surface area contributed by atoms with Crippen LogP contribution in [-0.4, -0.2) is 36.1 Å². The predicted molar refractivity (Wildman–Crippen MR) is 81.1 cm³/mol. The van der Waals surface area contributed by atoms with E-state index in [1.807, 2.05) is 0 Å². The lowest BCUT2D eigenvalue weighted by molar-refractivity contribution is 0.119. The quantitative estimate of drug-likeness (QED) is 0.708. The van der Waals surface area contributed by atoms with Gasteiger partial charge in [-0.05, 0) is 32.2 Å². The molecule has 18 heavy (non-hydrogen) atoms. The molecule has 1 rings (SSSR count). The van der Waals surface area contributed by atoms with Gasteiger partial charge in [-0.3, -0.25) is 4.90 Å². The standard InChI is InChI=1S/C16H34N2/c1-5-7-11-16(9-6-2)18-12-8-10-15(13-18)17-14(3)4/h14-17H,5-13H2,1-4H3. The molecule has 1 aliphatic heterocycles. The molecule has 2 heteroatoms. The third-order valence-electron chi connectivity index (χ3n) is 4.05. The lowest BCUT2D eigenvalue weighted by atomic mass is 9.98. The molecule has 0 aromatic rings. The van der Waals surface area contributed by atoms with Crippen LogP contribution in [0.5, 0.6) is 0 Å². The van der Waals surface area contributed by atoms with Gasteiger partial charge in [0.15, 0.2) is 0 Å². The summed E-state index contributed by atoms with van der Waals surface area (Å²) in [6.07, 6.45) is 9.57. The van der Waals surface area contributed by atoms with E-state index < -0.39 is 0 Å². The summed E-state index contributed by atoms with van der Waals surface area (Å²) in [7, 11) is 0. The summed E-state index contributed by atoms with van der Waals surface area (Å²) in [5.74, 6) is 0. The molecule has 1 fully saturated rings. The number of hydrogen-bond acceptors (Lipinski definition) is 2. The Kier molecular flexibility index (Phi) is 7.92. The summed E-state index contributed by atoms with van der Waals surface area (Å²) < 4.78 is 0. The number of unbranched alkanes of at least 4 members (excludes halogenated alkanes) is 1. The maximum Gasteiger partial charge on any atom is 0.0197 e. The van der Waals surface area contributed by atoms with Crippen molar-refractivity contribution < 1.29 is 0 Å². The van der Waals surface area contributed by atoms with Crippen LogP contribution >= 0.6 is 0 Å². The highest BCUT2D eigenvalue weighted by atomic mass is 15.2. The second kappa shape index (κ2) is 8.92. The van der Waals surface area contributed by atoms with Gasteiger partial charge in [-0.25, -0.2) is 0 Å². The minimum atomic E-state index is 0.621. The Bertz CT molecular complexity index is 203. The maximum atomic E-state index is 3.72. The molecule has 2 nitrogen and oxygen atoms in total. The van der Waals surface area contributed by atoms with Gasteiger partial charge in [-0.15, -0.1) is 0 Å². The average Bonchev–Trinajstić information content (AvgIpc) is 2.34. The average molecular weight is 254 g/mol. The van der Waals surface area contributed by atoms with Crippen LogP contribution < -0.4 is 5.32 Å². The van der Waals surface area contributed by atoms with Gasteiger partial charge in [-0.2, -0.15) is 0 Å². The summed E-state index contributed by atoms with van der Waals surface area (Å²) in [6.45, 7) is 11.8. The topological polar surface area (TPSA) is 15.3 Å². The van der Waals surface area contributed by atoms with E-state index >= 15 is 0 Å². The van der Waals surface area contributed by atoms with Crippen LogP contribution in [0.25, 0.3) is 0 Å². The number of likely N-dealkylation sites (tertiary alicyclic amines) is 1. The van der Waals surface area contributed by atoms with Crippen LogP contribution in [0.1, 0.15) is 72.6 Å². The molecule has 0 aromatic heterocycles. The Morgan fingerprint density at radius 1 is 1.17 bits per heavy atom. The van der Waals surface area contributed by atoms with Crippen molar-refractivity contribution in [1.82, 2.24) is 10.2 Å². The SMILES string of the molecule is CCCCC(CCC)N1CCCC(NC(C)C)C1. The third-order valence-corrected chi connectivity index (χ3v) is 4.05. The molecule has 2 atom stereocenters. The highest BCUT2D eigenvalue weighted by Crippen LogP contribution is 2.20. The molecule has 1 N–H and O–H groups in total. The van der Waals surface area contributed by atoms with Crippen molar-refractivity contribution in [3.63, 3.8) is 0 Å². The first-order valence-corrected chi connectivity index (χ1v) is 8.17. The van der Waals surface area contributed by atoms with Crippen molar-refractivity contribution in [1.29, 1.82) is 0 Å². The van der Waals surface area contributed by atoms with Gasteiger partial charge in [0.2, 0.25) is 0 Å². The Morgan fingerprint density at radius 2 is 1.94 bits per heavy atom. The van der Waals surface area contributed by atoms with E-state index in [-0.39, 0.29) is 0 Å². The van der Waals surface area contributed by atoms with Gasteiger partial charge < -0.3 is 5.32 Å². The van der Waals surface area contributed by atoms with Crippen LogP contribution in [0, 0.1) is 0 Å². The second-order valence-corrected chi connectivity index (χ2v) is 6.24. The molecule has 1 aliphatic rings. The monoisotopic (exact) mass is 254 g/mol. The molecular weight excluding hydrogens is 220 g/mol. The van der Waals surface area contributed by atoms with Gasteiger partial charge in [0, 0.05) is 24.7 Å². The molecule has 1 heterocycles. The van der Waals surface area contributed by atoms with E-state index in [1.54, 1.807) is 0 Å². The van der Waals surface area contributed by atoms with Crippen LogP contribution in [-0.2, 0) is 0 Å². The number of hydrogen-bond donors (Lipinski definition) is 1. The van der Waals surface area contributed by atoms with Crippen molar-refractivity contribution >= 4 is 0 Å². The number of piperidine rings is 1.